The molecule has 0 aliphatic heterocycles. The summed E-state index contributed by atoms with van der Waals surface area (Å²) in [7, 11) is 5.50. The zero-order valence-electron chi connectivity index (χ0n) is 20.6. The van der Waals surface area contributed by atoms with E-state index in [0.29, 0.717) is 13.2 Å². The van der Waals surface area contributed by atoms with Gasteiger partial charge in [-0.2, -0.15) is 0 Å². The van der Waals surface area contributed by atoms with Crippen LogP contribution in [0.15, 0.2) is 0 Å². The molecule has 0 amide bonds. The third-order valence-electron chi connectivity index (χ3n) is 7.25. The second-order valence-electron chi connectivity index (χ2n) is 9.12. The fourth-order valence-corrected chi connectivity index (χ4v) is 5.53. The minimum absolute atomic E-state index is 0.0527. The van der Waals surface area contributed by atoms with Gasteiger partial charge in [-0.25, -0.2) is 0 Å². The number of ether oxygens (including phenoxy) is 3. The highest BCUT2D eigenvalue weighted by Gasteiger charge is 2.59. The highest BCUT2D eigenvalue weighted by Crippen LogP contribution is 2.60. The summed E-state index contributed by atoms with van der Waals surface area (Å²) in [6, 6.07) is 0. The van der Waals surface area contributed by atoms with Gasteiger partial charge in [0.2, 0.25) is 0 Å². The van der Waals surface area contributed by atoms with E-state index in [1.807, 2.05) is 21.3 Å². The van der Waals surface area contributed by atoms with Crippen LogP contribution in [0.1, 0.15) is 112 Å². The van der Waals surface area contributed by atoms with Gasteiger partial charge in [0.05, 0.1) is 13.2 Å². The molecular formula is C25H52O3. The summed E-state index contributed by atoms with van der Waals surface area (Å²) >= 11 is 0. The molecule has 0 aromatic rings. The van der Waals surface area contributed by atoms with Gasteiger partial charge in [0.15, 0.2) is 0 Å². The zero-order chi connectivity index (χ0) is 21.5. The van der Waals surface area contributed by atoms with Crippen LogP contribution in [0.5, 0.6) is 0 Å². The Morgan fingerprint density at radius 3 is 1.21 bits per heavy atom. The fourth-order valence-electron chi connectivity index (χ4n) is 5.53. The van der Waals surface area contributed by atoms with E-state index in [4.69, 9.17) is 14.2 Å². The van der Waals surface area contributed by atoms with Gasteiger partial charge in [0, 0.05) is 26.7 Å². The van der Waals surface area contributed by atoms with Crippen LogP contribution in [0.2, 0.25) is 0 Å². The second-order valence-corrected chi connectivity index (χ2v) is 9.12. The Balaban J connectivity index is 6.58. The molecule has 0 saturated heterocycles. The smallest absolute Gasteiger partial charge is 0.120 e. The molecule has 0 N–H and O–H groups in total. The summed E-state index contributed by atoms with van der Waals surface area (Å²) in [6.07, 6.45) is 14.8. The molecule has 28 heavy (non-hydrogen) atoms. The molecule has 0 atom stereocenters. The summed E-state index contributed by atoms with van der Waals surface area (Å²) in [5, 5.41) is 0. The van der Waals surface area contributed by atoms with Crippen molar-refractivity contribution in [1.82, 2.24) is 0 Å². The lowest BCUT2D eigenvalue weighted by Gasteiger charge is -2.59. The van der Waals surface area contributed by atoms with Gasteiger partial charge in [-0.3, -0.25) is 0 Å². The van der Waals surface area contributed by atoms with E-state index in [-0.39, 0.29) is 10.8 Å². The van der Waals surface area contributed by atoms with Crippen LogP contribution in [0.3, 0.4) is 0 Å². The Morgan fingerprint density at radius 2 is 0.929 bits per heavy atom. The van der Waals surface area contributed by atoms with Crippen molar-refractivity contribution < 1.29 is 14.2 Å². The fraction of sp³-hybridized carbons (Fsp3) is 1.00. The number of hydrogen-bond acceptors (Lipinski definition) is 3. The lowest BCUT2D eigenvalue weighted by Crippen LogP contribution is -2.63. The van der Waals surface area contributed by atoms with E-state index >= 15 is 0 Å². The van der Waals surface area contributed by atoms with E-state index in [0.717, 1.165) is 0 Å². The van der Waals surface area contributed by atoms with Gasteiger partial charge < -0.3 is 14.2 Å². The van der Waals surface area contributed by atoms with Crippen LogP contribution >= 0.6 is 0 Å². The lowest BCUT2D eigenvalue weighted by molar-refractivity contribution is -0.227. The van der Waals surface area contributed by atoms with Crippen LogP contribution in [0, 0.1) is 10.8 Å². The lowest BCUT2D eigenvalue weighted by atomic mass is 9.49. The van der Waals surface area contributed by atoms with Gasteiger partial charge in [-0.15, -0.1) is 0 Å². The summed E-state index contributed by atoms with van der Waals surface area (Å²) in [6.45, 7) is 13.0. The van der Waals surface area contributed by atoms with E-state index in [1.54, 1.807) is 0 Å². The van der Waals surface area contributed by atoms with Crippen molar-refractivity contribution in [2.24, 2.45) is 10.8 Å². The van der Waals surface area contributed by atoms with E-state index in [9.17, 15) is 0 Å². The predicted octanol–water partition coefficient (Wildman–Crippen LogP) is 7.42. The van der Waals surface area contributed by atoms with Gasteiger partial charge in [0.1, 0.15) is 5.60 Å². The largest absolute Gasteiger partial charge is 0.382 e. The molecule has 0 heterocycles. The second kappa shape index (κ2) is 14.8. The maximum absolute atomic E-state index is 6.43. The molecule has 0 fully saturated rings. The molecule has 0 spiro atoms. The number of unbranched alkanes of at least 4 members (excludes halogenated alkanes) is 4. The van der Waals surface area contributed by atoms with Crippen LogP contribution in [0.4, 0.5) is 0 Å². The predicted molar refractivity (Wildman–Crippen MR) is 122 cm³/mol. The maximum atomic E-state index is 6.43. The minimum Gasteiger partial charge on any atom is -0.382 e. The summed E-state index contributed by atoms with van der Waals surface area (Å²) in [5.41, 5.74) is -0.134. The van der Waals surface area contributed by atoms with Crippen molar-refractivity contribution >= 4 is 0 Å². The Labute approximate surface area is 177 Å². The van der Waals surface area contributed by atoms with E-state index in [2.05, 4.69) is 34.6 Å². The first kappa shape index (κ1) is 27.9. The summed E-state index contributed by atoms with van der Waals surface area (Å²) in [5.74, 6) is 0. The average molecular weight is 401 g/mol. The standard InChI is InChI=1S/C25H52O3/c1-9-13-17-23(5,18-14-10-2)24(19-15-11-3,20-16-12-4)25(28-8,21-26-6)22-27-7/h9-22H2,1-8H3. The minimum atomic E-state index is -0.406. The first-order valence-electron chi connectivity index (χ1n) is 12.0. The number of rotatable bonds is 19. The first-order valence-corrected chi connectivity index (χ1v) is 12.0. The quantitative estimate of drug-likeness (QED) is 0.226. The third kappa shape index (κ3) is 6.71. The van der Waals surface area contributed by atoms with Crippen molar-refractivity contribution in [2.45, 2.75) is 117 Å². The number of hydrogen-bond donors (Lipinski definition) is 0. The van der Waals surface area contributed by atoms with E-state index < -0.39 is 5.60 Å². The van der Waals surface area contributed by atoms with Gasteiger partial charge in [-0.05, 0) is 31.1 Å². The van der Waals surface area contributed by atoms with Crippen LogP contribution in [-0.4, -0.2) is 40.1 Å². The van der Waals surface area contributed by atoms with Crippen molar-refractivity contribution in [3.63, 3.8) is 0 Å². The molecule has 3 heteroatoms. The summed E-state index contributed by atoms with van der Waals surface area (Å²) in [4.78, 5) is 0. The van der Waals surface area contributed by atoms with Crippen LogP contribution < -0.4 is 0 Å². The average Bonchev–Trinajstić information content (AvgIpc) is 2.70. The topological polar surface area (TPSA) is 27.7 Å². The Morgan fingerprint density at radius 1 is 0.571 bits per heavy atom. The Kier molecular flexibility index (Phi) is 14.7. The van der Waals surface area contributed by atoms with Gasteiger partial charge in [0.25, 0.3) is 0 Å². The molecule has 0 rings (SSSR count). The third-order valence-corrected chi connectivity index (χ3v) is 7.25. The van der Waals surface area contributed by atoms with Crippen molar-refractivity contribution in [3.8, 4) is 0 Å². The molecular weight excluding hydrogens is 348 g/mol. The van der Waals surface area contributed by atoms with Gasteiger partial charge in [-0.1, -0.05) is 86.0 Å². The number of methoxy groups -OCH3 is 3. The van der Waals surface area contributed by atoms with Crippen LogP contribution in [0.25, 0.3) is 0 Å². The van der Waals surface area contributed by atoms with Crippen molar-refractivity contribution in [3.05, 3.63) is 0 Å². The highest BCUT2D eigenvalue weighted by molar-refractivity contribution is 5.09. The SMILES string of the molecule is CCCCC(C)(CCCC)C(CCCC)(CCCC)C(COC)(COC)OC. The molecule has 0 radical (unpaired) electrons. The van der Waals surface area contributed by atoms with Crippen molar-refractivity contribution in [1.29, 1.82) is 0 Å². The Bertz CT molecular complexity index is 345. The van der Waals surface area contributed by atoms with Crippen molar-refractivity contribution in [2.75, 3.05) is 34.5 Å². The molecule has 0 aliphatic rings. The molecule has 0 aliphatic carbocycles. The molecule has 3 nitrogen and oxygen atoms in total. The van der Waals surface area contributed by atoms with Gasteiger partial charge >= 0.3 is 0 Å². The molecule has 0 unspecified atom stereocenters. The normalized spacial score (nSPS) is 13.3. The maximum Gasteiger partial charge on any atom is 0.120 e. The molecule has 0 aromatic heterocycles. The highest BCUT2D eigenvalue weighted by atomic mass is 16.6. The molecule has 0 saturated carbocycles. The van der Waals surface area contributed by atoms with Crippen LogP contribution in [-0.2, 0) is 14.2 Å². The monoisotopic (exact) mass is 400 g/mol. The molecule has 0 aromatic carbocycles. The first-order chi connectivity index (χ1) is 13.4. The zero-order valence-corrected chi connectivity index (χ0v) is 20.6. The van der Waals surface area contributed by atoms with E-state index in [1.165, 1.54) is 77.0 Å². The molecule has 0 bridgehead atoms. The Hall–Kier alpha value is -0.120. The molecule has 170 valence electrons. The summed E-state index contributed by atoms with van der Waals surface area (Å²) < 4.78 is 18.1.